The molecule has 0 bridgehead atoms. The van der Waals surface area contributed by atoms with Crippen LogP contribution in [0.3, 0.4) is 0 Å². The Morgan fingerprint density at radius 3 is 2.06 bits per heavy atom. The van der Waals surface area contributed by atoms with E-state index in [1.54, 1.807) is 5.56 Å². The average molecular weight is 252 g/mol. The van der Waals surface area contributed by atoms with Crippen molar-refractivity contribution in [2.45, 2.75) is 37.8 Å². The van der Waals surface area contributed by atoms with Crippen LogP contribution in [-0.4, -0.2) is 6.16 Å². The Morgan fingerprint density at radius 2 is 1.56 bits per heavy atom. The van der Waals surface area contributed by atoms with E-state index in [1.165, 1.54) is 37.4 Å². The highest BCUT2D eigenvalue weighted by Crippen LogP contribution is 2.36. The molecule has 2 atom stereocenters. The van der Waals surface area contributed by atoms with Crippen molar-refractivity contribution in [1.82, 2.24) is 0 Å². The molecule has 0 N–H and O–H groups in total. The van der Waals surface area contributed by atoms with Gasteiger partial charge in [-0.15, -0.1) is 18.5 Å². The minimum Gasteiger partial charge on any atom is -0.137 e. The molecule has 16 heavy (non-hydrogen) atoms. The Morgan fingerprint density at radius 1 is 0.938 bits per heavy atom. The molecule has 0 aliphatic heterocycles. The lowest BCUT2D eigenvalue weighted by Crippen LogP contribution is -2.14. The second-order valence-electron chi connectivity index (χ2n) is 4.90. The van der Waals surface area contributed by atoms with Gasteiger partial charge in [-0.25, -0.2) is 0 Å². The summed E-state index contributed by atoms with van der Waals surface area (Å²) in [6, 6.07) is 9.24. The van der Waals surface area contributed by atoms with Crippen molar-refractivity contribution in [3.8, 4) is 0 Å². The standard InChI is InChI=1S/C14H22P2/c15-9-11-1-5-13(6-2-11)14-7-3-12(10-16)4-8-14/h1-2,5-6,12,14H,3-4,7-10,15-16H2. The van der Waals surface area contributed by atoms with Crippen LogP contribution < -0.4 is 0 Å². The summed E-state index contributed by atoms with van der Waals surface area (Å²) in [5, 5.41) is 0. The molecule has 0 spiro atoms. The molecule has 1 fully saturated rings. The Hall–Kier alpha value is 0.0800. The maximum atomic E-state index is 2.90. The third-order valence-corrected chi connectivity index (χ3v) is 5.00. The van der Waals surface area contributed by atoms with Gasteiger partial charge in [-0.2, -0.15) is 0 Å². The number of benzene rings is 1. The van der Waals surface area contributed by atoms with Gasteiger partial charge in [-0.1, -0.05) is 24.3 Å². The number of rotatable bonds is 3. The predicted octanol–water partition coefficient (Wildman–Crippen LogP) is 4.21. The Kier molecular flexibility index (Phi) is 4.80. The maximum Gasteiger partial charge on any atom is -0.0128 e. The number of hydrogen-bond acceptors (Lipinski definition) is 0. The quantitative estimate of drug-likeness (QED) is 0.707. The first-order valence-corrected chi connectivity index (χ1v) is 7.95. The van der Waals surface area contributed by atoms with Gasteiger partial charge in [0.1, 0.15) is 0 Å². The van der Waals surface area contributed by atoms with E-state index in [0.717, 1.165) is 18.0 Å². The monoisotopic (exact) mass is 252 g/mol. The van der Waals surface area contributed by atoms with Crippen LogP contribution in [0.4, 0.5) is 0 Å². The summed E-state index contributed by atoms with van der Waals surface area (Å²) in [4.78, 5) is 0. The lowest BCUT2D eigenvalue weighted by molar-refractivity contribution is 0.352. The molecular weight excluding hydrogens is 230 g/mol. The van der Waals surface area contributed by atoms with Crippen LogP contribution in [0.1, 0.15) is 42.7 Å². The van der Waals surface area contributed by atoms with Gasteiger partial charge >= 0.3 is 0 Å². The zero-order chi connectivity index (χ0) is 11.4. The summed E-state index contributed by atoms with van der Waals surface area (Å²) in [7, 11) is 5.68. The van der Waals surface area contributed by atoms with Crippen molar-refractivity contribution in [2.75, 3.05) is 6.16 Å². The summed E-state index contributed by atoms with van der Waals surface area (Å²) in [6.45, 7) is 0. The second-order valence-corrected chi connectivity index (χ2v) is 5.78. The molecule has 1 aliphatic rings. The fraction of sp³-hybridized carbons (Fsp3) is 0.571. The van der Waals surface area contributed by atoms with Crippen LogP contribution in [-0.2, 0) is 6.16 Å². The van der Waals surface area contributed by atoms with Crippen molar-refractivity contribution in [1.29, 1.82) is 0 Å². The highest BCUT2D eigenvalue weighted by molar-refractivity contribution is 7.16. The molecule has 0 aromatic heterocycles. The zero-order valence-corrected chi connectivity index (χ0v) is 12.2. The molecule has 1 aromatic carbocycles. The SMILES string of the molecule is PCc1ccc(C2CCC(CP)CC2)cc1. The fourth-order valence-electron chi connectivity index (χ4n) is 2.66. The predicted molar refractivity (Wildman–Crippen MR) is 79.1 cm³/mol. The minimum absolute atomic E-state index is 0.825. The third-order valence-electron chi connectivity index (χ3n) is 3.87. The van der Waals surface area contributed by atoms with E-state index in [0.29, 0.717) is 0 Å². The summed E-state index contributed by atoms with van der Waals surface area (Å²) in [5.41, 5.74) is 2.98. The first-order chi connectivity index (χ1) is 7.83. The molecule has 0 nitrogen and oxygen atoms in total. The van der Waals surface area contributed by atoms with Gasteiger partial charge in [0.15, 0.2) is 0 Å². The summed E-state index contributed by atoms with van der Waals surface area (Å²) in [6.07, 6.45) is 7.97. The molecule has 0 radical (unpaired) electrons. The zero-order valence-electron chi connectivity index (χ0n) is 9.86. The maximum absolute atomic E-state index is 2.90. The van der Waals surface area contributed by atoms with Crippen molar-refractivity contribution >= 4 is 18.5 Å². The molecule has 88 valence electrons. The summed E-state index contributed by atoms with van der Waals surface area (Å²) in [5.74, 6) is 1.79. The highest BCUT2D eigenvalue weighted by Gasteiger charge is 2.20. The summed E-state index contributed by atoms with van der Waals surface area (Å²) >= 11 is 0. The van der Waals surface area contributed by atoms with Crippen LogP contribution in [0.5, 0.6) is 0 Å². The largest absolute Gasteiger partial charge is 0.137 e. The van der Waals surface area contributed by atoms with Crippen LogP contribution in [0.15, 0.2) is 24.3 Å². The van der Waals surface area contributed by atoms with E-state index in [2.05, 4.69) is 42.7 Å². The molecule has 1 aromatic rings. The molecule has 1 aliphatic carbocycles. The lowest BCUT2D eigenvalue weighted by Gasteiger charge is -2.28. The van der Waals surface area contributed by atoms with E-state index in [-0.39, 0.29) is 0 Å². The first kappa shape index (κ1) is 12.5. The molecule has 1 saturated carbocycles. The van der Waals surface area contributed by atoms with Crippen molar-refractivity contribution in [3.05, 3.63) is 35.4 Å². The molecular formula is C14H22P2. The van der Waals surface area contributed by atoms with Crippen LogP contribution >= 0.6 is 18.5 Å². The van der Waals surface area contributed by atoms with Gasteiger partial charge < -0.3 is 0 Å². The second kappa shape index (κ2) is 6.13. The van der Waals surface area contributed by atoms with E-state index in [9.17, 15) is 0 Å². The lowest BCUT2D eigenvalue weighted by atomic mass is 9.79. The molecule has 0 saturated heterocycles. The third kappa shape index (κ3) is 3.06. The molecule has 2 rings (SSSR count). The van der Waals surface area contributed by atoms with Crippen molar-refractivity contribution < 1.29 is 0 Å². The molecule has 2 unspecified atom stereocenters. The fourth-order valence-corrected chi connectivity index (χ4v) is 3.40. The molecule has 0 heterocycles. The van der Waals surface area contributed by atoms with Gasteiger partial charge in [0.05, 0.1) is 0 Å². The Bertz CT molecular complexity index is 310. The van der Waals surface area contributed by atoms with Crippen LogP contribution in [0, 0.1) is 5.92 Å². The van der Waals surface area contributed by atoms with Crippen molar-refractivity contribution in [3.63, 3.8) is 0 Å². The Labute approximate surface area is 104 Å². The van der Waals surface area contributed by atoms with E-state index < -0.39 is 0 Å². The van der Waals surface area contributed by atoms with Gasteiger partial charge in [-0.05, 0) is 61.0 Å². The Balaban J connectivity index is 1.97. The van der Waals surface area contributed by atoms with Crippen LogP contribution in [0.25, 0.3) is 0 Å². The highest BCUT2D eigenvalue weighted by atomic mass is 31.0. The smallest absolute Gasteiger partial charge is 0.0128 e. The van der Waals surface area contributed by atoms with E-state index in [4.69, 9.17) is 0 Å². The molecule has 2 heteroatoms. The van der Waals surface area contributed by atoms with Crippen LogP contribution in [0.2, 0.25) is 0 Å². The van der Waals surface area contributed by atoms with Gasteiger partial charge in [0, 0.05) is 0 Å². The van der Waals surface area contributed by atoms with E-state index in [1.807, 2.05) is 0 Å². The van der Waals surface area contributed by atoms with Gasteiger partial charge in [-0.3, -0.25) is 0 Å². The summed E-state index contributed by atoms with van der Waals surface area (Å²) < 4.78 is 0. The van der Waals surface area contributed by atoms with Crippen molar-refractivity contribution in [2.24, 2.45) is 5.92 Å². The van der Waals surface area contributed by atoms with Gasteiger partial charge in [0.25, 0.3) is 0 Å². The average Bonchev–Trinajstić information content (AvgIpc) is 2.39. The van der Waals surface area contributed by atoms with Gasteiger partial charge in [0.2, 0.25) is 0 Å². The number of hydrogen-bond donors (Lipinski definition) is 0. The first-order valence-electron chi connectivity index (χ1n) is 6.32. The topological polar surface area (TPSA) is 0 Å². The molecule has 0 amide bonds. The normalized spacial score (nSPS) is 25.6. The van der Waals surface area contributed by atoms with E-state index >= 15 is 0 Å². The minimum atomic E-state index is 0.825.